The Kier molecular flexibility index (Phi) is 13.2. The first-order valence-corrected chi connectivity index (χ1v) is 14.8. The van der Waals surface area contributed by atoms with Crippen molar-refractivity contribution >= 4 is 41.3 Å². The lowest BCUT2D eigenvalue weighted by Crippen LogP contribution is -2.44. The van der Waals surface area contributed by atoms with Gasteiger partial charge in [-0.2, -0.15) is 0 Å². The lowest BCUT2D eigenvalue weighted by atomic mass is 9.76. The Morgan fingerprint density at radius 3 is 1.71 bits per heavy atom. The molecule has 10 nitrogen and oxygen atoms in total. The summed E-state index contributed by atoms with van der Waals surface area (Å²) >= 11 is 0. The second-order valence-corrected chi connectivity index (χ2v) is 10.6. The summed E-state index contributed by atoms with van der Waals surface area (Å²) in [6.45, 7) is 2.32. The van der Waals surface area contributed by atoms with Crippen LogP contribution in [0.15, 0.2) is 78.9 Å². The minimum Gasteiger partial charge on any atom is -0.480 e. The minimum absolute atomic E-state index is 0.0636. The number of hydrogen-bond acceptors (Lipinski definition) is 9. The van der Waals surface area contributed by atoms with Gasteiger partial charge >= 0.3 is 23.9 Å². The third-order valence-electron chi connectivity index (χ3n) is 7.12. The largest absolute Gasteiger partial charge is 0.480 e. The summed E-state index contributed by atoms with van der Waals surface area (Å²) in [7, 11) is 0. The Morgan fingerprint density at radius 2 is 1.22 bits per heavy atom. The summed E-state index contributed by atoms with van der Waals surface area (Å²) < 4.78 is 15.7. The van der Waals surface area contributed by atoms with Gasteiger partial charge in [-0.3, -0.25) is 9.59 Å². The zero-order valence-corrected chi connectivity index (χ0v) is 25.4. The molecule has 0 saturated carbocycles. The molecule has 0 radical (unpaired) electrons. The Labute approximate surface area is 263 Å². The molecule has 0 aliphatic rings. The number of unbranched alkanes of at least 4 members (excludes halogenated alkanes) is 3. The zero-order chi connectivity index (χ0) is 32.7. The highest BCUT2D eigenvalue weighted by molar-refractivity contribution is 6.00. The van der Waals surface area contributed by atoms with Gasteiger partial charge < -0.3 is 30.8 Å². The Balaban J connectivity index is 1.45. The van der Waals surface area contributed by atoms with E-state index < -0.39 is 29.3 Å². The fourth-order valence-corrected chi connectivity index (χ4v) is 4.61. The number of carboxylic acids is 1. The standard InChI is InChI=1S/C35H40N2O8/c1-2-43-31(38)20-13-25-7-14-28(15-8-25)32(39)44-21-5-3-4-6-22-45-34(42)35(33(40)41,23-26-9-16-29(36)17-10-26)24-27-11-18-30(37)19-12-27/h7-20H,2-6,21-24,36-37H2,1H3,(H,40,41)/b20-13+. The molecule has 0 aromatic heterocycles. The number of anilines is 2. The molecule has 0 atom stereocenters. The molecule has 0 fully saturated rings. The number of ether oxygens (including phenoxy) is 3. The van der Waals surface area contributed by atoms with Crippen molar-refractivity contribution in [3.8, 4) is 0 Å². The highest BCUT2D eigenvalue weighted by atomic mass is 16.5. The molecule has 0 amide bonds. The first-order valence-electron chi connectivity index (χ1n) is 14.8. The van der Waals surface area contributed by atoms with Gasteiger partial charge in [0.2, 0.25) is 0 Å². The maximum Gasteiger partial charge on any atom is 0.338 e. The second kappa shape index (κ2) is 17.2. The van der Waals surface area contributed by atoms with Gasteiger partial charge in [0.1, 0.15) is 0 Å². The molecule has 0 spiro atoms. The van der Waals surface area contributed by atoms with Crippen LogP contribution in [0.25, 0.3) is 6.08 Å². The third kappa shape index (κ3) is 10.8. The van der Waals surface area contributed by atoms with Crippen molar-refractivity contribution in [1.29, 1.82) is 0 Å². The van der Waals surface area contributed by atoms with Crippen LogP contribution in [0, 0.1) is 5.41 Å². The van der Waals surface area contributed by atoms with Gasteiger partial charge in [0.25, 0.3) is 0 Å². The van der Waals surface area contributed by atoms with Gasteiger partial charge in [0.05, 0.1) is 25.4 Å². The average Bonchev–Trinajstić information content (AvgIpc) is 3.03. The number of esters is 3. The summed E-state index contributed by atoms with van der Waals surface area (Å²) in [5.74, 6) is -2.96. The predicted molar refractivity (Wildman–Crippen MR) is 171 cm³/mol. The highest BCUT2D eigenvalue weighted by Gasteiger charge is 2.48. The summed E-state index contributed by atoms with van der Waals surface area (Å²) in [5, 5.41) is 10.3. The Bertz CT molecular complexity index is 1400. The van der Waals surface area contributed by atoms with Crippen LogP contribution in [0.4, 0.5) is 11.4 Å². The number of rotatable bonds is 17. The molecule has 0 heterocycles. The normalized spacial score (nSPS) is 11.2. The lowest BCUT2D eigenvalue weighted by Gasteiger charge is -2.28. The van der Waals surface area contributed by atoms with Crippen molar-refractivity contribution in [3.05, 3.63) is 101 Å². The summed E-state index contributed by atoms with van der Waals surface area (Å²) in [6, 6.07) is 20.1. The van der Waals surface area contributed by atoms with E-state index in [1.807, 2.05) is 0 Å². The minimum atomic E-state index is -1.84. The SMILES string of the molecule is CCOC(=O)/C=C/c1ccc(C(=O)OCCCCCCOC(=O)C(Cc2ccc(N)cc2)(Cc2ccc(N)cc2)C(=O)O)cc1. The number of carbonyl (C=O) groups excluding carboxylic acids is 3. The van der Waals surface area contributed by atoms with Crippen molar-refractivity contribution in [2.75, 3.05) is 31.3 Å². The number of benzene rings is 3. The molecular formula is C35H40N2O8. The van der Waals surface area contributed by atoms with Crippen LogP contribution in [0.5, 0.6) is 0 Å². The second-order valence-electron chi connectivity index (χ2n) is 10.6. The molecule has 45 heavy (non-hydrogen) atoms. The Morgan fingerprint density at radius 1 is 0.711 bits per heavy atom. The van der Waals surface area contributed by atoms with Crippen LogP contribution in [0.3, 0.4) is 0 Å². The van der Waals surface area contributed by atoms with Crippen molar-refractivity contribution < 1.29 is 38.5 Å². The fraction of sp³-hybridized carbons (Fsp3) is 0.314. The fourth-order valence-electron chi connectivity index (χ4n) is 4.61. The number of aliphatic carboxylic acids is 1. The zero-order valence-electron chi connectivity index (χ0n) is 25.4. The van der Waals surface area contributed by atoms with Crippen LogP contribution in [0.2, 0.25) is 0 Å². The highest BCUT2D eigenvalue weighted by Crippen LogP contribution is 2.31. The summed E-state index contributed by atoms with van der Waals surface area (Å²) in [6.07, 6.45) is 5.36. The van der Waals surface area contributed by atoms with Gasteiger partial charge in [-0.1, -0.05) is 36.4 Å². The topological polar surface area (TPSA) is 168 Å². The molecule has 3 aromatic rings. The summed E-state index contributed by atoms with van der Waals surface area (Å²) in [4.78, 5) is 49.8. The molecule has 0 bridgehead atoms. The molecule has 0 aliphatic carbocycles. The van der Waals surface area contributed by atoms with Crippen molar-refractivity contribution in [1.82, 2.24) is 0 Å². The number of nitrogen functional groups attached to an aromatic ring is 2. The molecule has 3 rings (SSSR count). The van der Waals surface area contributed by atoms with E-state index in [4.69, 9.17) is 25.7 Å². The maximum absolute atomic E-state index is 13.4. The van der Waals surface area contributed by atoms with E-state index >= 15 is 0 Å². The number of nitrogens with two attached hydrogens (primary N) is 2. The van der Waals surface area contributed by atoms with Gasteiger partial charge in [0, 0.05) is 17.5 Å². The van der Waals surface area contributed by atoms with Gasteiger partial charge in [-0.15, -0.1) is 0 Å². The van der Waals surface area contributed by atoms with E-state index in [2.05, 4.69) is 0 Å². The Hall–Kier alpha value is -5.12. The van der Waals surface area contributed by atoms with E-state index in [0.29, 0.717) is 53.9 Å². The van der Waals surface area contributed by atoms with E-state index in [0.717, 1.165) is 12.0 Å². The van der Waals surface area contributed by atoms with E-state index in [9.17, 15) is 24.3 Å². The molecule has 238 valence electrons. The molecule has 3 aromatic carbocycles. The van der Waals surface area contributed by atoms with Crippen LogP contribution < -0.4 is 11.5 Å². The quantitative estimate of drug-likeness (QED) is 0.0455. The van der Waals surface area contributed by atoms with Crippen molar-refractivity contribution in [2.24, 2.45) is 5.41 Å². The van der Waals surface area contributed by atoms with Gasteiger partial charge in [-0.05, 0) is 105 Å². The molecule has 10 heteroatoms. The third-order valence-corrected chi connectivity index (χ3v) is 7.12. The van der Waals surface area contributed by atoms with Crippen LogP contribution >= 0.6 is 0 Å². The van der Waals surface area contributed by atoms with Crippen molar-refractivity contribution in [2.45, 2.75) is 45.4 Å². The molecule has 0 unspecified atom stereocenters. The number of carbonyl (C=O) groups is 4. The number of hydrogen-bond donors (Lipinski definition) is 3. The molecular weight excluding hydrogens is 576 g/mol. The smallest absolute Gasteiger partial charge is 0.338 e. The van der Waals surface area contributed by atoms with Crippen LogP contribution in [-0.2, 0) is 41.4 Å². The monoisotopic (exact) mass is 616 g/mol. The van der Waals surface area contributed by atoms with Gasteiger partial charge in [-0.25, -0.2) is 9.59 Å². The molecule has 0 aliphatic heterocycles. The van der Waals surface area contributed by atoms with E-state index in [1.54, 1.807) is 85.8 Å². The first kappa shape index (κ1) is 34.4. The van der Waals surface area contributed by atoms with E-state index in [-0.39, 0.29) is 26.1 Å². The first-order chi connectivity index (χ1) is 21.6. The average molecular weight is 617 g/mol. The van der Waals surface area contributed by atoms with Crippen LogP contribution in [-0.4, -0.2) is 48.8 Å². The predicted octanol–water partition coefficient (Wildman–Crippen LogP) is 5.24. The lowest BCUT2D eigenvalue weighted by molar-refractivity contribution is -0.169. The molecule has 0 saturated heterocycles. The molecule has 5 N–H and O–H groups in total. The van der Waals surface area contributed by atoms with Crippen LogP contribution in [0.1, 0.15) is 59.7 Å². The summed E-state index contributed by atoms with van der Waals surface area (Å²) in [5.41, 5.74) is 13.2. The van der Waals surface area contributed by atoms with Gasteiger partial charge in [0.15, 0.2) is 5.41 Å². The number of carboxylic acid groups (broad SMARTS) is 1. The van der Waals surface area contributed by atoms with E-state index in [1.165, 1.54) is 6.08 Å². The maximum atomic E-state index is 13.4. The van der Waals surface area contributed by atoms with Crippen molar-refractivity contribution in [3.63, 3.8) is 0 Å².